The van der Waals surface area contributed by atoms with Crippen molar-refractivity contribution in [3.05, 3.63) is 64.7 Å². The number of nitrogens with zero attached hydrogens (tertiary/aromatic N) is 1. The second kappa shape index (κ2) is 7.73. The van der Waals surface area contributed by atoms with E-state index in [0.29, 0.717) is 12.1 Å². The van der Waals surface area contributed by atoms with E-state index in [4.69, 9.17) is 4.74 Å². The highest BCUT2D eigenvalue weighted by Crippen LogP contribution is 2.29. The van der Waals surface area contributed by atoms with Crippen LogP contribution >= 0.6 is 0 Å². The molecule has 1 heterocycles. The smallest absolute Gasteiger partial charge is 0.251 e. The van der Waals surface area contributed by atoms with Crippen molar-refractivity contribution in [2.24, 2.45) is 0 Å². The predicted octanol–water partition coefficient (Wildman–Crippen LogP) is 3.95. The first-order valence-corrected chi connectivity index (χ1v) is 9.56. The third-order valence-electron chi connectivity index (χ3n) is 5.19. The average Bonchev–Trinajstić information content (AvgIpc) is 3.08. The van der Waals surface area contributed by atoms with Gasteiger partial charge in [-0.25, -0.2) is 0 Å². The highest BCUT2D eigenvalue weighted by atomic mass is 16.5. The third kappa shape index (κ3) is 4.51. The summed E-state index contributed by atoms with van der Waals surface area (Å²) < 4.78 is 5.60. The molecule has 27 heavy (non-hydrogen) atoms. The standard InChI is InChI=1S/C23H30N2O2/c1-23(2,3)19-9-6-16(7-10-19)22(26)24-15-20(25(4)5)17-8-11-21-18(14-17)12-13-27-21/h6-11,14,20H,12-13,15H2,1-5H3,(H,24,26). The number of ether oxygens (including phenoxy) is 1. The zero-order valence-electron chi connectivity index (χ0n) is 17.0. The van der Waals surface area contributed by atoms with E-state index in [1.54, 1.807) is 0 Å². The van der Waals surface area contributed by atoms with Gasteiger partial charge >= 0.3 is 0 Å². The van der Waals surface area contributed by atoms with E-state index in [9.17, 15) is 4.79 Å². The number of rotatable bonds is 5. The van der Waals surface area contributed by atoms with Crippen LogP contribution < -0.4 is 10.1 Å². The van der Waals surface area contributed by atoms with Crippen molar-refractivity contribution in [1.29, 1.82) is 0 Å². The van der Waals surface area contributed by atoms with Crippen molar-refractivity contribution in [3.8, 4) is 5.75 Å². The summed E-state index contributed by atoms with van der Waals surface area (Å²) in [4.78, 5) is 14.7. The summed E-state index contributed by atoms with van der Waals surface area (Å²) in [6.07, 6.45) is 0.954. The zero-order valence-corrected chi connectivity index (χ0v) is 17.0. The zero-order chi connectivity index (χ0) is 19.6. The molecule has 0 saturated carbocycles. The van der Waals surface area contributed by atoms with Crippen LogP contribution in [0.15, 0.2) is 42.5 Å². The normalized spacial score (nSPS) is 14.6. The maximum atomic E-state index is 12.6. The number of fused-ring (bicyclic) bond motifs is 1. The molecule has 2 aromatic rings. The molecule has 0 aromatic heterocycles. The van der Waals surface area contributed by atoms with Crippen molar-refractivity contribution in [2.75, 3.05) is 27.2 Å². The summed E-state index contributed by atoms with van der Waals surface area (Å²) in [5.74, 6) is 0.950. The lowest BCUT2D eigenvalue weighted by atomic mass is 9.87. The molecule has 1 unspecified atom stereocenters. The number of likely N-dealkylation sites (N-methyl/N-ethyl adjacent to an activating group) is 1. The molecule has 0 aliphatic carbocycles. The predicted molar refractivity (Wildman–Crippen MR) is 110 cm³/mol. The van der Waals surface area contributed by atoms with Gasteiger partial charge < -0.3 is 15.0 Å². The van der Waals surface area contributed by atoms with Crippen LogP contribution in [0.25, 0.3) is 0 Å². The van der Waals surface area contributed by atoms with Crippen LogP contribution in [-0.4, -0.2) is 38.1 Å². The molecule has 144 valence electrons. The monoisotopic (exact) mass is 366 g/mol. The number of nitrogens with one attached hydrogen (secondary N) is 1. The van der Waals surface area contributed by atoms with Crippen molar-refractivity contribution in [3.63, 3.8) is 0 Å². The Morgan fingerprint density at radius 1 is 1.15 bits per heavy atom. The Kier molecular flexibility index (Phi) is 5.56. The van der Waals surface area contributed by atoms with E-state index >= 15 is 0 Å². The molecule has 4 heteroatoms. The molecule has 2 aromatic carbocycles. The van der Waals surface area contributed by atoms with Gasteiger partial charge in [0.2, 0.25) is 0 Å². The van der Waals surface area contributed by atoms with Crippen LogP contribution in [0.4, 0.5) is 0 Å². The molecule has 0 saturated heterocycles. The molecule has 0 spiro atoms. The number of carbonyl (C=O) groups excluding carboxylic acids is 1. The molecule has 1 aliphatic heterocycles. The number of carbonyl (C=O) groups is 1. The Balaban J connectivity index is 1.68. The summed E-state index contributed by atoms with van der Waals surface area (Å²) in [6.45, 7) is 7.83. The summed E-state index contributed by atoms with van der Waals surface area (Å²) in [5, 5.41) is 3.09. The van der Waals surface area contributed by atoms with E-state index in [0.717, 1.165) is 18.8 Å². The maximum absolute atomic E-state index is 12.6. The van der Waals surface area contributed by atoms with Gasteiger partial charge in [-0.3, -0.25) is 4.79 Å². The Morgan fingerprint density at radius 2 is 1.85 bits per heavy atom. The molecule has 1 amide bonds. The number of amides is 1. The SMILES string of the molecule is CN(C)C(CNC(=O)c1ccc(C(C)(C)C)cc1)c1ccc2c(c1)CCO2. The van der Waals surface area contributed by atoms with Gasteiger partial charge in [-0.1, -0.05) is 45.0 Å². The van der Waals surface area contributed by atoms with Crippen LogP contribution in [0.5, 0.6) is 5.75 Å². The van der Waals surface area contributed by atoms with Crippen molar-refractivity contribution in [2.45, 2.75) is 38.6 Å². The average molecular weight is 367 g/mol. The van der Waals surface area contributed by atoms with Crippen LogP contribution in [0.3, 0.4) is 0 Å². The molecule has 3 rings (SSSR count). The van der Waals surface area contributed by atoms with Crippen LogP contribution in [0, 0.1) is 0 Å². The van der Waals surface area contributed by atoms with Gasteiger partial charge in [0.25, 0.3) is 5.91 Å². The fourth-order valence-electron chi connectivity index (χ4n) is 3.43. The molecule has 0 fully saturated rings. The minimum absolute atomic E-state index is 0.0354. The molecule has 4 nitrogen and oxygen atoms in total. The highest BCUT2D eigenvalue weighted by molar-refractivity contribution is 5.94. The van der Waals surface area contributed by atoms with Gasteiger partial charge in [0.1, 0.15) is 5.75 Å². The quantitative estimate of drug-likeness (QED) is 0.871. The largest absolute Gasteiger partial charge is 0.493 e. The first-order chi connectivity index (χ1) is 12.8. The Hall–Kier alpha value is -2.33. The molecule has 1 N–H and O–H groups in total. The minimum Gasteiger partial charge on any atom is -0.493 e. The summed E-state index contributed by atoms with van der Waals surface area (Å²) >= 11 is 0. The number of benzene rings is 2. The van der Waals surface area contributed by atoms with Crippen molar-refractivity contribution < 1.29 is 9.53 Å². The lowest BCUT2D eigenvalue weighted by Gasteiger charge is -2.25. The second-order valence-electron chi connectivity index (χ2n) is 8.48. The van der Waals surface area contributed by atoms with Gasteiger partial charge in [0.05, 0.1) is 12.6 Å². The third-order valence-corrected chi connectivity index (χ3v) is 5.19. The van der Waals surface area contributed by atoms with Gasteiger partial charge in [-0.2, -0.15) is 0 Å². The second-order valence-corrected chi connectivity index (χ2v) is 8.48. The van der Waals surface area contributed by atoms with E-state index in [1.165, 1.54) is 16.7 Å². The molecule has 1 aliphatic rings. The molecule has 0 bridgehead atoms. The van der Waals surface area contributed by atoms with Crippen LogP contribution in [0.2, 0.25) is 0 Å². The number of hydrogen-bond donors (Lipinski definition) is 1. The molecular weight excluding hydrogens is 336 g/mol. The van der Waals surface area contributed by atoms with Gasteiger partial charge in [0, 0.05) is 18.5 Å². The van der Waals surface area contributed by atoms with Gasteiger partial charge in [-0.05, 0) is 54.4 Å². The summed E-state index contributed by atoms with van der Waals surface area (Å²) in [7, 11) is 4.08. The Bertz CT molecular complexity index is 804. The lowest BCUT2D eigenvalue weighted by molar-refractivity contribution is 0.0942. The molecule has 1 atom stereocenters. The van der Waals surface area contributed by atoms with Crippen LogP contribution in [-0.2, 0) is 11.8 Å². The van der Waals surface area contributed by atoms with E-state index < -0.39 is 0 Å². The van der Waals surface area contributed by atoms with Gasteiger partial charge in [0.15, 0.2) is 0 Å². The summed E-state index contributed by atoms with van der Waals surface area (Å²) in [5.41, 5.74) is 4.46. The first kappa shape index (κ1) is 19.4. The Morgan fingerprint density at radius 3 is 2.48 bits per heavy atom. The van der Waals surface area contributed by atoms with E-state index in [-0.39, 0.29) is 17.4 Å². The fraction of sp³-hybridized carbons (Fsp3) is 0.435. The topological polar surface area (TPSA) is 41.6 Å². The van der Waals surface area contributed by atoms with E-state index in [2.05, 4.69) is 43.1 Å². The molecule has 0 radical (unpaired) electrons. The summed E-state index contributed by atoms with van der Waals surface area (Å²) in [6, 6.07) is 14.4. The van der Waals surface area contributed by atoms with Crippen molar-refractivity contribution in [1.82, 2.24) is 10.2 Å². The van der Waals surface area contributed by atoms with Gasteiger partial charge in [-0.15, -0.1) is 0 Å². The first-order valence-electron chi connectivity index (χ1n) is 9.56. The van der Waals surface area contributed by atoms with Crippen molar-refractivity contribution >= 4 is 5.91 Å². The fourth-order valence-corrected chi connectivity index (χ4v) is 3.43. The highest BCUT2D eigenvalue weighted by Gasteiger charge is 2.20. The molecular formula is C23H30N2O2. The maximum Gasteiger partial charge on any atom is 0.251 e. The number of hydrogen-bond acceptors (Lipinski definition) is 3. The lowest BCUT2D eigenvalue weighted by Crippen LogP contribution is -2.34. The Labute approximate surface area is 162 Å². The van der Waals surface area contributed by atoms with Crippen LogP contribution in [0.1, 0.15) is 53.9 Å². The minimum atomic E-state index is -0.0354. The van der Waals surface area contributed by atoms with E-state index in [1.807, 2.05) is 44.4 Å².